The first kappa shape index (κ1) is 13.0. The van der Waals surface area contributed by atoms with Gasteiger partial charge in [-0.05, 0) is 29.5 Å². The maximum absolute atomic E-state index is 11.4. The zero-order valence-electron chi connectivity index (χ0n) is 9.96. The van der Waals surface area contributed by atoms with E-state index >= 15 is 0 Å². The van der Waals surface area contributed by atoms with Crippen LogP contribution >= 0.6 is 11.6 Å². The lowest BCUT2D eigenvalue weighted by Crippen LogP contribution is -2.22. The average Bonchev–Trinajstić information content (AvgIpc) is 2.26. The Balaban J connectivity index is 2.85. The summed E-state index contributed by atoms with van der Waals surface area (Å²) in [5.74, 6) is 0.754. The molecule has 0 bridgehead atoms. The first-order valence-electron chi connectivity index (χ1n) is 5.50. The van der Waals surface area contributed by atoms with E-state index < -0.39 is 0 Å². The Morgan fingerprint density at radius 1 is 1.31 bits per heavy atom. The fourth-order valence-electron chi connectivity index (χ4n) is 1.75. The largest absolute Gasteiger partial charge is 0.359 e. The normalized spacial score (nSPS) is 12.6. The van der Waals surface area contributed by atoms with Gasteiger partial charge in [0.2, 0.25) is 5.91 Å². The molecule has 1 aromatic carbocycles. The Hall–Kier alpha value is -1.02. The molecule has 0 heterocycles. The lowest BCUT2D eigenvalue weighted by Gasteiger charge is -2.20. The van der Waals surface area contributed by atoms with Gasteiger partial charge in [0.05, 0.1) is 0 Å². The van der Waals surface area contributed by atoms with Crippen LogP contribution in [0.5, 0.6) is 0 Å². The van der Waals surface area contributed by atoms with Crippen LogP contribution in [0.15, 0.2) is 24.3 Å². The van der Waals surface area contributed by atoms with Crippen molar-refractivity contribution in [2.24, 2.45) is 5.92 Å². The molecule has 0 radical (unpaired) electrons. The van der Waals surface area contributed by atoms with Gasteiger partial charge in [0.25, 0.3) is 0 Å². The van der Waals surface area contributed by atoms with Crippen molar-refractivity contribution in [1.29, 1.82) is 0 Å². The molecule has 1 amide bonds. The highest BCUT2D eigenvalue weighted by Crippen LogP contribution is 2.28. The van der Waals surface area contributed by atoms with E-state index in [-0.39, 0.29) is 11.8 Å². The average molecular weight is 240 g/mol. The molecule has 0 aliphatic rings. The number of benzene rings is 1. The molecular formula is C13H18ClNO. The zero-order chi connectivity index (χ0) is 12.1. The molecule has 1 atom stereocenters. The van der Waals surface area contributed by atoms with Crippen molar-refractivity contribution >= 4 is 17.5 Å². The number of halogens is 1. The maximum Gasteiger partial charge on any atom is 0.220 e. The molecule has 0 aliphatic heterocycles. The maximum atomic E-state index is 11.4. The molecule has 16 heavy (non-hydrogen) atoms. The lowest BCUT2D eigenvalue weighted by molar-refractivity contribution is -0.121. The summed E-state index contributed by atoms with van der Waals surface area (Å²) in [6, 6.07) is 7.73. The summed E-state index contributed by atoms with van der Waals surface area (Å²) in [4.78, 5) is 11.4. The SMILES string of the molecule is CNC(=O)CC(c1ccc(Cl)cc1)C(C)C. The molecule has 0 aromatic heterocycles. The monoisotopic (exact) mass is 239 g/mol. The number of nitrogens with one attached hydrogen (secondary N) is 1. The number of carbonyl (C=O) groups is 1. The number of amides is 1. The highest BCUT2D eigenvalue weighted by molar-refractivity contribution is 6.30. The highest BCUT2D eigenvalue weighted by Gasteiger charge is 2.18. The summed E-state index contributed by atoms with van der Waals surface area (Å²) >= 11 is 5.85. The van der Waals surface area contributed by atoms with Gasteiger partial charge in [-0.1, -0.05) is 37.6 Å². The van der Waals surface area contributed by atoms with Crippen LogP contribution < -0.4 is 5.32 Å². The minimum Gasteiger partial charge on any atom is -0.359 e. The number of hydrogen-bond acceptors (Lipinski definition) is 1. The summed E-state index contributed by atoms with van der Waals surface area (Å²) < 4.78 is 0. The van der Waals surface area contributed by atoms with E-state index in [1.807, 2.05) is 24.3 Å². The molecule has 1 unspecified atom stereocenters. The fraction of sp³-hybridized carbons (Fsp3) is 0.462. The molecule has 1 aromatic rings. The fourth-order valence-corrected chi connectivity index (χ4v) is 1.88. The summed E-state index contributed by atoms with van der Waals surface area (Å²) in [5.41, 5.74) is 1.17. The summed E-state index contributed by atoms with van der Waals surface area (Å²) in [6.07, 6.45) is 0.524. The molecule has 1 rings (SSSR count). The quantitative estimate of drug-likeness (QED) is 0.859. The van der Waals surface area contributed by atoms with Crippen molar-refractivity contribution < 1.29 is 4.79 Å². The van der Waals surface area contributed by atoms with Gasteiger partial charge in [0.1, 0.15) is 0 Å². The molecule has 1 N–H and O–H groups in total. The van der Waals surface area contributed by atoms with Crippen LogP contribution in [-0.2, 0) is 4.79 Å². The van der Waals surface area contributed by atoms with Crippen molar-refractivity contribution in [1.82, 2.24) is 5.32 Å². The van der Waals surface area contributed by atoms with Crippen molar-refractivity contribution in [2.75, 3.05) is 7.05 Å². The van der Waals surface area contributed by atoms with Crippen LogP contribution in [0.25, 0.3) is 0 Å². The topological polar surface area (TPSA) is 29.1 Å². The molecule has 88 valence electrons. The van der Waals surface area contributed by atoms with E-state index in [2.05, 4.69) is 19.2 Å². The Kier molecular flexibility index (Phi) is 4.81. The molecule has 0 fully saturated rings. The lowest BCUT2D eigenvalue weighted by atomic mass is 9.85. The zero-order valence-corrected chi connectivity index (χ0v) is 10.7. The van der Waals surface area contributed by atoms with Gasteiger partial charge >= 0.3 is 0 Å². The smallest absolute Gasteiger partial charge is 0.220 e. The molecule has 0 saturated heterocycles. The van der Waals surface area contributed by atoms with Gasteiger partial charge in [0, 0.05) is 18.5 Å². The molecule has 2 nitrogen and oxygen atoms in total. The van der Waals surface area contributed by atoms with E-state index in [0.717, 1.165) is 5.02 Å². The van der Waals surface area contributed by atoms with Gasteiger partial charge < -0.3 is 5.32 Å². The predicted molar refractivity (Wildman–Crippen MR) is 67.7 cm³/mol. The first-order chi connectivity index (χ1) is 7.54. The van der Waals surface area contributed by atoms with Crippen molar-refractivity contribution in [2.45, 2.75) is 26.2 Å². The van der Waals surface area contributed by atoms with Crippen LogP contribution in [0.2, 0.25) is 5.02 Å². The standard InChI is InChI=1S/C13H18ClNO/c1-9(2)12(8-13(16)15-3)10-4-6-11(14)7-5-10/h4-7,9,12H,8H2,1-3H3,(H,15,16). The molecule has 0 spiro atoms. The van der Waals surface area contributed by atoms with Crippen molar-refractivity contribution in [3.8, 4) is 0 Å². The molecule has 0 saturated carbocycles. The first-order valence-corrected chi connectivity index (χ1v) is 5.88. The Morgan fingerprint density at radius 2 is 1.88 bits per heavy atom. The summed E-state index contributed by atoms with van der Waals surface area (Å²) in [6.45, 7) is 4.25. The molecule has 0 aliphatic carbocycles. The van der Waals surface area contributed by atoms with E-state index in [1.54, 1.807) is 7.05 Å². The van der Waals surface area contributed by atoms with Crippen molar-refractivity contribution in [3.05, 3.63) is 34.9 Å². The van der Waals surface area contributed by atoms with E-state index in [0.29, 0.717) is 12.3 Å². The summed E-state index contributed by atoms with van der Waals surface area (Å²) in [5, 5.41) is 3.39. The highest BCUT2D eigenvalue weighted by atomic mass is 35.5. The van der Waals surface area contributed by atoms with E-state index in [9.17, 15) is 4.79 Å². The van der Waals surface area contributed by atoms with Crippen LogP contribution in [-0.4, -0.2) is 13.0 Å². The third-order valence-electron chi connectivity index (χ3n) is 2.79. The Bertz CT molecular complexity index is 345. The van der Waals surface area contributed by atoms with E-state index in [1.165, 1.54) is 5.56 Å². The third kappa shape index (κ3) is 3.53. The van der Waals surface area contributed by atoms with Gasteiger partial charge in [-0.25, -0.2) is 0 Å². The molecule has 3 heteroatoms. The van der Waals surface area contributed by atoms with Gasteiger partial charge in [-0.2, -0.15) is 0 Å². The van der Waals surface area contributed by atoms with Gasteiger partial charge in [-0.3, -0.25) is 4.79 Å². The summed E-state index contributed by atoms with van der Waals surface area (Å²) in [7, 11) is 1.67. The van der Waals surface area contributed by atoms with Crippen LogP contribution in [0.1, 0.15) is 31.7 Å². The second-order valence-electron chi connectivity index (χ2n) is 4.28. The van der Waals surface area contributed by atoms with E-state index in [4.69, 9.17) is 11.6 Å². The minimum atomic E-state index is 0.0775. The van der Waals surface area contributed by atoms with Crippen LogP contribution in [0.4, 0.5) is 0 Å². The van der Waals surface area contributed by atoms with Crippen LogP contribution in [0.3, 0.4) is 0 Å². The van der Waals surface area contributed by atoms with Gasteiger partial charge in [0.15, 0.2) is 0 Å². The predicted octanol–water partition coefficient (Wildman–Crippen LogP) is 3.22. The minimum absolute atomic E-state index is 0.0775. The third-order valence-corrected chi connectivity index (χ3v) is 3.04. The Labute approximate surface area is 102 Å². The van der Waals surface area contributed by atoms with Crippen LogP contribution in [0, 0.1) is 5.92 Å². The number of carbonyl (C=O) groups excluding carboxylic acids is 1. The van der Waals surface area contributed by atoms with Gasteiger partial charge in [-0.15, -0.1) is 0 Å². The number of rotatable bonds is 4. The Morgan fingerprint density at radius 3 is 2.31 bits per heavy atom. The van der Waals surface area contributed by atoms with Crippen molar-refractivity contribution in [3.63, 3.8) is 0 Å². The second kappa shape index (κ2) is 5.90. The number of hydrogen-bond donors (Lipinski definition) is 1. The second-order valence-corrected chi connectivity index (χ2v) is 4.72. The molecular weight excluding hydrogens is 222 g/mol.